The Morgan fingerprint density at radius 1 is 1.16 bits per heavy atom. The van der Waals surface area contributed by atoms with Crippen LogP contribution in [0.5, 0.6) is 0 Å². The molecule has 104 valence electrons. The maximum atomic E-state index is 11.9. The number of nitrogen functional groups attached to an aromatic ring is 1. The van der Waals surface area contributed by atoms with Crippen molar-refractivity contribution in [3.05, 3.63) is 24.3 Å². The molecule has 1 aliphatic rings. The Hall–Kier alpha value is -1.75. The molecule has 1 aliphatic heterocycles. The van der Waals surface area contributed by atoms with Gasteiger partial charge in [0.25, 0.3) is 0 Å². The van der Waals surface area contributed by atoms with E-state index in [1.807, 2.05) is 48.2 Å². The minimum atomic E-state index is 0.210. The molecule has 1 heterocycles. The minimum absolute atomic E-state index is 0.210. The van der Waals surface area contributed by atoms with E-state index in [0.29, 0.717) is 6.54 Å². The molecule has 1 saturated heterocycles. The van der Waals surface area contributed by atoms with E-state index in [4.69, 9.17) is 5.73 Å². The normalized spacial score (nSPS) is 15.9. The average Bonchev–Trinajstić information content (AvgIpc) is 2.39. The third-order valence-electron chi connectivity index (χ3n) is 3.34. The van der Waals surface area contributed by atoms with Crippen molar-refractivity contribution < 1.29 is 4.79 Å². The van der Waals surface area contributed by atoms with Crippen LogP contribution in [-0.4, -0.2) is 62.5 Å². The zero-order chi connectivity index (χ0) is 13.8. The Labute approximate surface area is 114 Å². The van der Waals surface area contributed by atoms with Crippen molar-refractivity contribution in [1.82, 2.24) is 9.80 Å². The number of amides is 1. The molecule has 0 radical (unpaired) electrons. The molecule has 19 heavy (non-hydrogen) atoms. The molecule has 0 spiro atoms. The summed E-state index contributed by atoms with van der Waals surface area (Å²) in [5.74, 6) is 0.210. The standard InChI is InChI=1S/C14H22N4O/c1-16(2)11-14(19)18-9-7-17(8-10-18)13-5-3-12(15)4-6-13/h3-6H,7-11,15H2,1-2H3. The number of benzene rings is 1. The highest BCUT2D eigenvalue weighted by molar-refractivity contribution is 5.78. The van der Waals surface area contributed by atoms with Gasteiger partial charge in [-0.25, -0.2) is 0 Å². The number of rotatable bonds is 3. The van der Waals surface area contributed by atoms with Crippen molar-refractivity contribution in [3.63, 3.8) is 0 Å². The molecular formula is C14H22N4O. The molecule has 0 bridgehead atoms. The molecule has 0 saturated carbocycles. The van der Waals surface area contributed by atoms with Crippen LogP contribution < -0.4 is 10.6 Å². The molecule has 0 aliphatic carbocycles. The summed E-state index contributed by atoms with van der Waals surface area (Å²) < 4.78 is 0. The zero-order valence-corrected chi connectivity index (χ0v) is 11.7. The van der Waals surface area contributed by atoms with Gasteiger partial charge in [0.15, 0.2) is 0 Å². The molecular weight excluding hydrogens is 240 g/mol. The van der Waals surface area contributed by atoms with Gasteiger partial charge in [0.1, 0.15) is 0 Å². The van der Waals surface area contributed by atoms with E-state index in [1.54, 1.807) is 0 Å². The molecule has 2 rings (SSSR count). The third kappa shape index (κ3) is 3.61. The van der Waals surface area contributed by atoms with E-state index in [1.165, 1.54) is 5.69 Å². The molecule has 0 unspecified atom stereocenters. The molecule has 0 atom stereocenters. The van der Waals surface area contributed by atoms with Gasteiger partial charge in [0, 0.05) is 37.6 Å². The summed E-state index contributed by atoms with van der Waals surface area (Å²) in [6, 6.07) is 7.90. The number of carbonyl (C=O) groups excluding carboxylic acids is 1. The predicted octanol–water partition coefficient (Wildman–Crippen LogP) is 0.479. The highest BCUT2D eigenvalue weighted by Gasteiger charge is 2.21. The van der Waals surface area contributed by atoms with Crippen molar-refractivity contribution in [2.45, 2.75) is 0 Å². The van der Waals surface area contributed by atoms with Crippen molar-refractivity contribution >= 4 is 17.3 Å². The van der Waals surface area contributed by atoms with Crippen LogP contribution in [0.4, 0.5) is 11.4 Å². The van der Waals surface area contributed by atoms with Crippen LogP contribution in [0.3, 0.4) is 0 Å². The minimum Gasteiger partial charge on any atom is -0.399 e. The number of carbonyl (C=O) groups is 1. The smallest absolute Gasteiger partial charge is 0.236 e. The highest BCUT2D eigenvalue weighted by Crippen LogP contribution is 2.18. The molecule has 5 heteroatoms. The Balaban J connectivity index is 1.88. The van der Waals surface area contributed by atoms with Gasteiger partial charge in [-0.3, -0.25) is 4.79 Å². The van der Waals surface area contributed by atoms with Crippen LogP contribution in [0.15, 0.2) is 24.3 Å². The van der Waals surface area contributed by atoms with Crippen molar-refractivity contribution in [1.29, 1.82) is 0 Å². The van der Waals surface area contributed by atoms with Gasteiger partial charge in [-0.15, -0.1) is 0 Å². The number of nitrogens with two attached hydrogens (primary N) is 1. The van der Waals surface area contributed by atoms with Crippen molar-refractivity contribution in [2.24, 2.45) is 0 Å². The summed E-state index contributed by atoms with van der Waals surface area (Å²) in [5, 5.41) is 0. The van der Waals surface area contributed by atoms with Gasteiger partial charge in [-0.1, -0.05) is 0 Å². The maximum Gasteiger partial charge on any atom is 0.236 e. The average molecular weight is 262 g/mol. The van der Waals surface area contributed by atoms with Crippen LogP contribution in [-0.2, 0) is 4.79 Å². The molecule has 1 aromatic carbocycles. The second-order valence-corrected chi connectivity index (χ2v) is 5.20. The summed E-state index contributed by atoms with van der Waals surface area (Å²) >= 11 is 0. The van der Waals surface area contributed by atoms with Crippen LogP contribution in [0.25, 0.3) is 0 Å². The van der Waals surface area contributed by atoms with E-state index in [9.17, 15) is 4.79 Å². The lowest BCUT2D eigenvalue weighted by atomic mass is 10.2. The van der Waals surface area contributed by atoms with Crippen LogP contribution >= 0.6 is 0 Å². The van der Waals surface area contributed by atoms with Crippen molar-refractivity contribution in [3.8, 4) is 0 Å². The fraction of sp³-hybridized carbons (Fsp3) is 0.500. The molecule has 2 N–H and O–H groups in total. The zero-order valence-electron chi connectivity index (χ0n) is 11.7. The largest absolute Gasteiger partial charge is 0.399 e. The van der Waals surface area contributed by atoms with Crippen molar-refractivity contribution in [2.75, 3.05) is 57.5 Å². The first kappa shape index (κ1) is 13.7. The fourth-order valence-corrected chi connectivity index (χ4v) is 2.27. The first-order valence-corrected chi connectivity index (χ1v) is 6.59. The van der Waals surface area contributed by atoms with E-state index in [-0.39, 0.29) is 5.91 Å². The SMILES string of the molecule is CN(C)CC(=O)N1CCN(c2ccc(N)cc2)CC1. The lowest BCUT2D eigenvalue weighted by Crippen LogP contribution is -2.50. The number of hydrogen-bond acceptors (Lipinski definition) is 4. The highest BCUT2D eigenvalue weighted by atomic mass is 16.2. The molecule has 1 aromatic rings. The van der Waals surface area contributed by atoms with E-state index in [0.717, 1.165) is 31.9 Å². The summed E-state index contributed by atoms with van der Waals surface area (Å²) in [6.07, 6.45) is 0. The van der Waals surface area contributed by atoms with E-state index in [2.05, 4.69) is 4.90 Å². The second-order valence-electron chi connectivity index (χ2n) is 5.20. The Bertz CT molecular complexity index is 422. The van der Waals surface area contributed by atoms with E-state index < -0.39 is 0 Å². The lowest BCUT2D eigenvalue weighted by molar-refractivity contribution is -0.132. The Morgan fingerprint density at radius 3 is 2.26 bits per heavy atom. The van der Waals surface area contributed by atoms with Crippen LogP contribution in [0.1, 0.15) is 0 Å². The lowest BCUT2D eigenvalue weighted by Gasteiger charge is -2.36. The second kappa shape index (κ2) is 5.93. The maximum absolute atomic E-state index is 11.9. The van der Waals surface area contributed by atoms with Gasteiger partial charge in [-0.2, -0.15) is 0 Å². The Kier molecular flexibility index (Phi) is 4.27. The molecule has 0 aromatic heterocycles. The van der Waals surface area contributed by atoms with Gasteiger partial charge >= 0.3 is 0 Å². The van der Waals surface area contributed by atoms with Gasteiger partial charge in [0.05, 0.1) is 6.54 Å². The van der Waals surface area contributed by atoms with Gasteiger partial charge < -0.3 is 20.4 Å². The van der Waals surface area contributed by atoms with Crippen LogP contribution in [0.2, 0.25) is 0 Å². The number of nitrogens with zero attached hydrogens (tertiary/aromatic N) is 3. The predicted molar refractivity (Wildman–Crippen MR) is 78.2 cm³/mol. The molecule has 1 fully saturated rings. The Morgan fingerprint density at radius 2 is 1.74 bits per heavy atom. The summed E-state index contributed by atoms with van der Waals surface area (Å²) in [4.78, 5) is 18.1. The summed E-state index contributed by atoms with van der Waals surface area (Å²) in [7, 11) is 3.84. The number of anilines is 2. The topological polar surface area (TPSA) is 52.8 Å². The molecule has 5 nitrogen and oxygen atoms in total. The van der Waals surface area contributed by atoms with Crippen LogP contribution in [0, 0.1) is 0 Å². The van der Waals surface area contributed by atoms with Gasteiger partial charge in [0.2, 0.25) is 5.91 Å². The number of piperazine rings is 1. The summed E-state index contributed by atoms with van der Waals surface area (Å²) in [5.41, 5.74) is 7.64. The number of hydrogen-bond donors (Lipinski definition) is 1. The van der Waals surface area contributed by atoms with Gasteiger partial charge in [-0.05, 0) is 38.4 Å². The summed E-state index contributed by atoms with van der Waals surface area (Å²) in [6.45, 7) is 3.82. The van der Waals surface area contributed by atoms with E-state index >= 15 is 0 Å². The third-order valence-corrected chi connectivity index (χ3v) is 3.34. The first-order valence-electron chi connectivity index (χ1n) is 6.59. The quantitative estimate of drug-likeness (QED) is 0.805. The monoisotopic (exact) mass is 262 g/mol. The molecule has 1 amide bonds. The number of likely N-dealkylation sites (N-methyl/N-ethyl adjacent to an activating group) is 1. The fourth-order valence-electron chi connectivity index (χ4n) is 2.27. The first-order chi connectivity index (χ1) is 9.06.